The van der Waals surface area contributed by atoms with Gasteiger partial charge < -0.3 is 15.4 Å². The van der Waals surface area contributed by atoms with Gasteiger partial charge in [0.2, 0.25) is 11.9 Å². The molecule has 0 amide bonds. The van der Waals surface area contributed by atoms with Crippen molar-refractivity contribution in [3.8, 4) is 0 Å². The van der Waals surface area contributed by atoms with Crippen molar-refractivity contribution in [1.82, 2.24) is 24.7 Å². The van der Waals surface area contributed by atoms with Gasteiger partial charge in [-0.15, -0.1) is 0 Å². The number of rotatable bonds is 6. The number of nitrogen functional groups attached to an aromatic ring is 1. The van der Waals surface area contributed by atoms with Gasteiger partial charge in [-0.2, -0.15) is 20.1 Å². The first-order valence-corrected chi connectivity index (χ1v) is 9.33. The van der Waals surface area contributed by atoms with Gasteiger partial charge >= 0.3 is 5.97 Å². The van der Waals surface area contributed by atoms with E-state index in [2.05, 4.69) is 20.1 Å². The van der Waals surface area contributed by atoms with Gasteiger partial charge in [0.05, 0.1) is 12.2 Å². The fraction of sp³-hybridized carbons (Fsp3) is 0.278. The zero-order valence-corrected chi connectivity index (χ0v) is 17.6. The Balaban J connectivity index is 1.77. The van der Waals surface area contributed by atoms with Crippen LogP contribution in [0.4, 0.5) is 11.9 Å². The number of aromatic nitrogens is 5. The Hall–Kier alpha value is -2.91. The standard InChI is InChI=1S/C18H19Cl2N7O2/c1-10-14(15(20)27(25-10)8-11-6-4-5-7-12(11)19)16(28)29-9-13-22-17(21)24-18(23-13)26(2)3/h4-7H,8-9H2,1-3H3,(H2,21,22,23,24). The number of carbonyl (C=O) groups is 1. The van der Waals surface area contributed by atoms with Crippen molar-refractivity contribution in [3.05, 3.63) is 57.1 Å². The minimum atomic E-state index is -0.636. The number of hydrogen-bond acceptors (Lipinski definition) is 8. The number of nitrogens with zero attached hydrogens (tertiary/aromatic N) is 6. The number of anilines is 2. The molecule has 11 heteroatoms. The zero-order chi connectivity index (χ0) is 21.1. The molecule has 2 heterocycles. The predicted molar refractivity (Wildman–Crippen MR) is 110 cm³/mol. The molecular formula is C18H19Cl2N7O2. The van der Waals surface area contributed by atoms with E-state index in [1.165, 1.54) is 4.68 Å². The van der Waals surface area contributed by atoms with E-state index in [1.807, 2.05) is 18.2 Å². The molecule has 0 aliphatic heterocycles. The number of benzene rings is 1. The van der Waals surface area contributed by atoms with Crippen LogP contribution in [0.5, 0.6) is 0 Å². The Morgan fingerprint density at radius 2 is 1.93 bits per heavy atom. The summed E-state index contributed by atoms with van der Waals surface area (Å²) < 4.78 is 6.82. The average Bonchev–Trinajstić information content (AvgIpc) is 2.94. The largest absolute Gasteiger partial charge is 0.454 e. The van der Waals surface area contributed by atoms with Crippen LogP contribution in [-0.2, 0) is 17.9 Å². The van der Waals surface area contributed by atoms with Crippen molar-refractivity contribution in [1.29, 1.82) is 0 Å². The lowest BCUT2D eigenvalue weighted by atomic mass is 10.2. The minimum Gasteiger partial charge on any atom is -0.454 e. The summed E-state index contributed by atoms with van der Waals surface area (Å²) in [4.78, 5) is 26.4. The lowest BCUT2D eigenvalue weighted by Gasteiger charge is -2.11. The van der Waals surface area contributed by atoms with E-state index < -0.39 is 5.97 Å². The van der Waals surface area contributed by atoms with E-state index in [-0.39, 0.29) is 29.1 Å². The van der Waals surface area contributed by atoms with Crippen molar-refractivity contribution >= 4 is 41.1 Å². The van der Waals surface area contributed by atoms with Crippen molar-refractivity contribution in [2.45, 2.75) is 20.1 Å². The maximum absolute atomic E-state index is 12.6. The first kappa shape index (κ1) is 20.8. The molecule has 29 heavy (non-hydrogen) atoms. The van der Waals surface area contributed by atoms with Crippen LogP contribution >= 0.6 is 23.2 Å². The molecule has 0 aliphatic rings. The quantitative estimate of drug-likeness (QED) is 0.587. The molecule has 2 aromatic heterocycles. The van der Waals surface area contributed by atoms with Crippen LogP contribution in [-0.4, -0.2) is 44.8 Å². The smallest absolute Gasteiger partial charge is 0.343 e. The number of nitrogens with two attached hydrogens (primary N) is 1. The number of hydrogen-bond donors (Lipinski definition) is 1. The van der Waals surface area contributed by atoms with E-state index in [4.69, 9.17) is 33.7 Å². The lowest BCUT2D eigenvalue weighted by molar-refractivity contribution is 0.0461. The SMILES string of the molecule is Cc1nn(Cc2ccccc2Cl)c(Cl)c1C(=O)OCc1nc(N)nc(N(C)C)n1. The molecule has 0 radical (unpaired) electrons. The van der Waals surface area contributed by atoms with Gasteiger partial charge in [-0.25, -0.2) is 9.48 Å². The number of ether oxygens (including phenoxy) is 1. The molecule has 0 aliphatic carbocycles. The number of aryl methyl sites for hydroxylation is 1. The summed E-state index contributed by atoms with van der Waals surface area (Å²) in [6, 6.07) is 7.34. The molecule has 3 aromatic rings. The molecule has 1 aromatic carbocycles. The van der Waals surface area contributed by atoms with Gasteiger partial charge in [0, 0.05) is 19.1 Å². The molecule has 0 unspecified atom stereocenters. The summed E-state index contributed by atoms with van der Waals surface area (Å²) in [5.74, 6) is -0.00285. The van der Waals surface area contributed by atoms with Crippen LogP contribution in [0.3, 0.4) is 0 Å². The summed E-state index contributed by atoms with van der Waals surface area (Å²) in [5, 5.41) is 5.08. The highest BCUT2D eigenvalue weighted by Crippen LogP contribution is 2.24. The zero-order valence-electron chi connectivity index (χ0n) is 16.1. The maximum Gasteiger partial charge on any atom is 0.343 e. The van der Waals surface area contributed by atoms with Gasteiger partial charge in [-0.1, -0.05) is 41.4 Å². The topological polar surface area (TPSA) is 112 Å². The monoisotopic (exact) mass is 435 g/mol. The second kappa shape index (κ2) is 8.62. The third-order valence-corrected chi connectivity index (χ3v) is 4.72. The molecule has 3 rings (SSSR count). The third kappa shape index (κ3) is 4.75. The minimum absolute atomic E-state index is 0.0384. The Morgan fingerprint density at radius 3 is 2.62 bits per heavy atom. The fourth-order valence-electron chi connectivity index (χ4n) is 2.57. The molecule has 0 fully saturated rings. The summed E-state index contributed by atoms with van der Waals surface area (Å²) in [5.41, 5.74) is 7.12. The second-order valence-corrected chi connectivity index (χ2v) is 7.15. The van der Waals surface area contributed by atoms with E-state index in [0.29, 0.717) is 23.2 Å². The van der Waals surface area contributed by atoms with E-state index in [9.17, 15) is 4.79 Å². The van der Waals surface area contributed by atoms with Crippen molar-refractivity contribution in [2.75, 3.05) is 24.7 Å². The highest BCUT2D eigenvalue weighted by atomic mass is 35.5. The normalized spacial score (nSPS) is 10.8. The predicted octanol–water partition coefficient (Wildman–Crippen LogP) is 2.74. The Kier molecular flexibility index (Phi) is 6.19. The molecule has 0 atom stereocenters. The van der Waals surface area contributed by atoms with Crippen LogP contribution < -0.4 is 10.6 Å². The molecule has 2 N–H and O–H groups in total. The van der Waals surface area contributed by atoms with Gasteiger partial charge in [0.15, 0.2) is 12.4 Å². The molecular weight excluding hydrogens is 417 g/mol. The highest BCUT2D eigenvalue weighted by Gasteiger charge is 2.22. The van der Waals surface area contributed by atoms with Crippen LogP contribution in [0.2, 0.25) is 10.2 Å². The molecule has 152 valence electrons. The summed E-state index contributed by atoms with van der Waals surface area (Å²) in [6.45, 7) is 1.82. The van der Waals surface area contributed by atoms with Crippen molar-refractivity contribution < 1.29 is 9.53 Å². The van der Waals surface area contributed by atoms with E-state index >= 15 is 0 Å². The summed E-state index contributed by atoms with van der Waals surface area (Å²) in [6.07, 6.45) is 0. The molecule has 0 spiro atoms. The Morgan fingerprint density at radius 1 is 1.21 bits per heavy atom. The van der Waals surface area contributed by atoms with Crippen LogP contribution in [0, 0.1) is 6.92 Å². The number of carbonyl (C=O) groups excluding carboxylic acids is 1. The van der Waals surface area contributed by atoms with Gasteiger partial charge in [0.1, 0.15) is 10.7 Å². The van der Waals surface area contributed by atoms with Gasteiger partial charge in [-0.3, -0.25) is 0 Å². The fourth-order valence-corrected chi connectivity index (χ4v) is 3.08. The summed E-state index contributed by atoms with van der Waals surface area (Å²) in [7, 11) is 3.53. The van der Waals surface area contributed by atoms with Crippen LogP contribution in [0.25, 0.3) is 0 Å². The number of halogens is 2. The third-order valence-electron chi connectivity index (χ3n) is 3.97. The van der Waals surface area contributed by atoms with Crippen LogP contribution in [0.15, 0.2) is 24.3 Å². The molecule has 0 saturated carbocycles. The van der Waals surface area contributed by atoms with E-state index in [1.54, 1.807) is 32.0 Å². The summed E-state index contributed by atoms with van der Waals surface area (Å²) >= 11 is 12.6. The first-order valence-electron chi connectivity index (χ1n) is 8.57. The van der Waals surface area contributed by atoms with Crippen LogP contribution in [0.1, 0.15) is 27.4 Å². The second-order valence-electron chi connectivity index (χ2n) is 6.38. The lowest BCUT2D eigenvalue weighted by Crippen LogP contribution is -2.17. The number of esters is 1. The maximum atomic E-state index is 12.6. The van der Waals surface area contributed by atoms with Gasteiger partial charge in [0.25, 0.3) is 0 Å². The Labute approximate surface area is 177 Å². The van der Waals surface area contributed by atoms with Gasteiger partial charge in [-0.05, 0) is 18.6 Å². The van der Waals surface area contributed by atoms with E-state index in [0.717, 1.165) is 5.56 Å². The van der Waals surface area contributed by atoms with Crippen molar-refractivity contribution in [3.63, 3.8) is 0 Å². The average molecular weight is 436 g/mol. The molecule has 0 saturated heterocycles. The highest BCUT2D eigenvalue weighted by molar-refractivity contribution is 6.33. The molecule has 9 nitrogen and oxygen atoms in total. The Bertz CT molecular complexity index is 1050. The molecule has 0 bridgehead atoms. The van der Waals surface area contributed by atoms with Crippen molar-refractivity contribution in [2.24, 2.45) is 0 Å². The first-order chi connectivity index (χ1) is 13.8.